The summed E-state index contributed by atoms with van der Waals surface area (Å²) in [5, 5.41) is 42.0. The van der Waals surface area contributed by atoms with Crippen molar-refractivity contribution in [3.63, 3.8) is 0 Å². The van der Waals surface area contributed by atoms with Crippen LogP contribution in [0.4, 0.5) is 0 Å². The van der Waals surface area contributed by atoms with E-state index >= 15 is 0 Å². The van der Waals surface area contributed by atoms with Crippen molar-refractivity contribution in [2.75, 3.05) is 0 Å². The van der Waals surface area contributed by atoms with Gasteiger partial charge in [-0.1, -0.05) is 0 Å². The third kappa shape index (κ3) is 7.50. The van der Waals surface area contributed by atoms with Crippen molar-refractivity contribution >= 4 is 23.9 Å². The number of aromatic carboxylic acids is 1. The Morgan fingerprint density at radius 3 is 2.04 bits per heavy atom. The maximum Gasteiger partial charge on any atom is 0.345 e. The average molecular weight is 331 g/mol. The van der Waals surface area contributed by atoms with E-state index in [1.54, 1.807) is 6.07 Å². The van der Waals surface area contributed by atoms with E-state index in [2.05, 4.69) is 9.87 Å². The number of aromatic nitrogens is 1. The summed E-state index contributed by atoms with van der Waals surface area (Å²) in [6, 6.07) is 3.08. The molecular formula is C12H13NO10. The molecule has 0 aliphatic carbocycles. The second-order valence-electron chi connectivity index (χ2n) is 4.09. The van der Waals surface area contributed by atoms with Crippen LogP contribution >= 0.6 is 0 Å². The van der Waals surface area contributed by atoms with Crippen molar-refractivity contribution in [1.82, 2.24) is 4.98 Å². The minimum absolute atomic E-state index is 0.220. The van der Waals surface area contributed by atoms with Crippen molar-refractivity contribution in [2.45, 2.75) is 18.4 Å². The molecule has 0 aromatic carbocycles. The van der Waals surface area contributed by atoms with Gasteiger partial charge in [0.2, 0.25) is 0 Å². The Labute approximate surface area is 128 Å². The number of carboxylic acids is 3. The maximum absolute atomic E-state index is 10.4. The van der Waals surface area contributed by atoms with Crippen LogP contribution in [-0.4, -0.2) is 60.1 Å². The number of aliphatic hydroxyl groups is 1. The molecule has 11 heteroatoms. The van der Waals surface area contributed by atoms with E-state index in [0.29, 0.717) is 0 Å². The fourth-order valence-corrected chi connectivity index (χ4v) is 1.22. The molecule has 5 N–H and O–H groups in total. The molecule has 1 rings (SSSR count). The lowest BCUT2D eigenvalue weighted by atomic mass is 9.96. The molecule has 126 valence electrons. The fraction of sp³-hybridized carbons (Fsp3) is 0.250. The number of hydrogen-bond acceptors (Lipinski definition) is 8. The number of rotatable bonds is 6. The molecule has 1 aromatic heterocycles. The Morgan fingerprint density at radius 2 is 1.74 bits per heavy atom. The van der Waals surface area contributed by atoms with Crippen molar-refractivity contribution in [1.29, 1.82) is 0 Å². The summed E-state index contributed by atoms with van der Waals surface area (Å²) in [5.74, 6) is -5.86. The zero-order valence-corrected chi connectivity index (χ0v) is 11.4. The third-order valence-corrected chi connectivity index (χ3v) is 2.29. The van der Waals surface area contributed by atoms with Crippen LogP contribution in [0.1, 0.15) is 23.2 Å². The molecule has 1 aromatic rings. The first kappa shape index (κ1) is 19.9. The lowest BCUT2D eigenvalue weighted by Gasteiger charge is -2.18. The second-order valence-corrected chi connectivity index (χ2v) is 4.09. The number of nitrogens with zero attached hydrogens (tertiary/aromatic N) is 1. The van der Waals surface area contributed by atoms with Gasteiger partial charge in [-0.3, -0.25) is 9.78 Å². The van der Waals surface area contributed by atoms with Crippen LogP contribution < -0.4 is 0 Å². The summed E-state index contributed by atoms with van der Waals surface area (Å²) in [4.78, 5) is 47.9. The zero-order chi connectivity index (χ0) is 18.0. The highest BCUT2D eigenvalue weighted by molar-refractivity contribution is 5.88. The van der Waals surface area contributed by atoms with E-state index in [1.165, 1.54) is 18.5 Å². The Balaban J connectivity index is 0.000000459. The average Bonchev–Trinajstić information content (AvgIpc) is 2.47. The number of carboxylic acid groups (broad SMARTS) is 3. The number of aliphatic carboxylic acids is 2. The highest BCUT2D eigenvalue weighted by Crippen LogP contribution is 2.16. The molecule has 0 bridgehead atoms. The van der Waals surface area contributed by atoms with Crippen LogP contribution in [-0.2, 0) is 19.3 Å². The van der Waals surface area contributed by atoms with E-state index in [-0.39, 0.29) is 5.56 Å². The van der Waals surface area contributed by atoms with Crippen LogP contribution in [0, 0.1) is 0 Å². The molecule has 11 nitrogen and oxygen atoms in total. The predicted molar refractivity (Wildman–Crippen MR) is 69.4 cm³/mol. The zero-order valence-electron chi connectivity index (χ0n) is 11.4. The highest BCUT2D eigenvalue weighted by Gasteiger charge is 2.41. The molecule has 0 amide bonds. The monoisotopic (exact) mass is 331 g/mol. The number of carbonyl (C=O) groups is 4. The molecule has 1 unspecified atom stereocenters. The molecule has 1 heterocycles. The Kier molecular flexibility index (Phi) is 7.86. The van der Waals surface area contributed by atoms with Gasteiger partial charge in [-0.15, -0.1) is 0 Å². The van der Waals surface area contributed by atoms with Crippen LogP contribution in [0.3, 0.4) is 0 Å². The van der Waals surface area contributed by atoms with Gasteiger partial charge in [0.25, 0.3) is 0 Å². The Hall–Kier alpha value is -3.05. The maximum atomic E-state index is 10.4. The largest absolute Gasteiger partial charge is 0.481 e. The van der Waals surface area contributed by atoms with Gasteiger partial charge >= 0.3 is 23.9 Å². The normalized spacial score (nSPS) is 12.1. The first-order valence-electron chi connectivity index (χ1n) is 5.77. The van der Waals surface area contributed by atoms with Crippen molar-refractivity contribution in [3.05, 3.63) is 30.1 Å². The predicted octanol–water partition coefficient (Wildman–Crippen LogP) is -0.537. The summed E-state index contributed by atoms with van der Waals surface area (Å²) < 4.78 is 0. The lowest BCUT2D eigenvalue weighted by molar-refractivity contribution is -0.238. The first-order chi connectivity index (χ1) is 10.6. The number of hydrogen-bond donors (Lipinski definition) is 5. The second kappa shape index (κ2) is 9.07. The topological polar surface area (TPSA) is 192 Å². The Bertz CT molecular complexity index is 572. The molecule has 23 heavy (non-hydrogen) atoms. The van der Waals surface area contributed by atoms with Gasteiger partial charge in [-0.25, -0.2) is 14.4 Å². The van der Waals surface area contributed by atoms with E-state index in [4.69, 9.17) is 25.7 Å². The standard InChI is InChI=1S/C6H5NO2.C6H8O8/c8-6(9)5-2-1-3-7-4-5;7-3(8)1-6(12,5(10)11)2-4(9)14-13/h1-4H,(H,8,9);12-13H,1-2H2,(H,7,8)(H,10,11). The molecule has 0 saturated heterocycles. The van der Waals surface area contributed by atoms with Gasteiger partial charge in [0.15, 0.2) is 5.60 Å². The van der Waals surface area contributed by atoms with Crippen LogP contribution in [0.5, 0.6) is 0 Å². The summed E-state index contributed by atoms with van der Waals surface area (Å²) in [6.45, 7) is 0. The summed E-state index contributed by atoms with van der Waals surface area (Å²) in [5.41, 5.74) is -2.55. The summed E-state index contributed by atoms with van der Waals surface area (Å²) >= 11 is 0. The molecule has 0 aliphatic rings. The van der Waals surface area contributed by atoms with Crippen LogP contribution in [0.25, 0.3) is 0 Å². The van der Waals surface area contributed by atoms with Gasteiger partial charge in [0.1, 0.15) is 0 Å². The van der Waals surface area contributed by atoms with Crippen molar-refractivity contribution in [2.24, 2.45) is 0 Å². The molecule has 0 fully saturated rings. The number of carbonyl (C=O) groups excluding carboxylic acids is 1. The van der Waals surface area contributed by atoms with Gasteiger partial charge in [-0.2, -0.15) is 5.26 Å². The van der Waals surface area contributed by atoms with E-state index in [9.17, 15) is 19.2 Å². The SMILES string of the molecule is O=C(O)CC(O)(CC(=O)OO)C(=O)O.O=C(O)c1cccnc1. The lowest BCUT2D eigenvalue weighted by Crippen LogP contribution is -2.43. The first-order valence-corrected chi connectivity index (χ1v) is 5.77. The van der Waals surface area contributed by atoms with Gasteiger partial charge in [0, 0.05) is 12.4 Å². The van der Waals surface area contributed by atoms with Gasteiger partial charge in [-0.05, 0) is 12.1 Å². The van der Waals surface area contributed by atoms with Gasteiger partial charge in [0.05, 0.1) is 18.4 Å². The van der Waals surface area contributed by atoms with Gasteiger partial charge < -0.3 is 25.3 Å². The minimum Gasteiger partial charge on any atom is -0.481 e. The quantitative estimate of drug-likeness (QED) is 0.332. The highest BCUT2D eigenvalue weighted by atomic mass is 17.1. The fourth-order valence-electron chi connectivity index (χ4n) is 1.22. The Morgan fingerprint density at radius 1 is 1.13 bits per heavy atom. The van der Waals surface area contributed by atoms with Crippen LogP contribution in [0.2, 0.25) is 0 Å². The molecular weight excluding hydrogens is 318 g/mol. The molecule has 0 saturated carbocycles. The van der Waals surface area contributed by atoms with E-state index in [1.807, 2.05) is 0 Å². The molecule has 0 spiro atoms. The minimum atomic E-state index is -2.77. The van der Waals surface area contributed by atoms with Crippen LogP contribution in [0.15, 0.2) is 24.5 Å². The summed E-state index contributed by atoms with van der Waals surface area (Å²) in [7, 11) is 0. The van der Waals surface area contributed by atoms with Crippen molar-refractivity contribution < 1.29 is 49.7 Å². The number of pyridine rings is 1. The smallest absolute Gasteiger partial charge is 0.345 e. The van der Waals surface area contributed by atoms with E-state index in [0.717, 1.165) is 0 Å². The molecule has 0 aliphatic heterocycles. The summed E-state index contributed by atoms with van der Waals surface area (Å²) in [6.07, 6.45) is 0.525. The molecule has 0 radical (unpaired) electrons. The van der Waals surface area contributed by atoms with Crippen molar-refractivity contribution in [3.8, 4) is 0 Å². The molecule has 1 atom stereocenters. The third-order valence-electron chi connectivity index (χ3n) is 2.29. The van der Waals surface area contributed by atoms with E-state index < -0.39 is 42.3 Å².